The molecule has 2 rings (SSSR count). The van der Waals surface area contributed by atoms with Crippen molar-refractivity contribution < 1.29 is 9.90 Å². The second-order valence-corrected chi connectivity index (χ2v) is 5.35. The van der Waals surface area contributed by atoms with E-state index < -0.39 is 11.6 Å². The molecule has 0 amide bonds. The highest BCUT2D eigenvalue weighted by molar-refractivity contribution is 5.91. The zero-order valence-corrected chi connectivity index (χ0v) is 10.4. The van der Waals surface area contributed by atoms with Crippen LogP contribution in [-0.2, 0) is 4.79 Å². The fraction of sp³-hybridized carbons (Fsp3) is 0.923. The van der Waals surface area contributed by atoms with Crippen LogP contribution in [0.3, 0.4) is 0 Å². The molecular formula is C13H23NO2. The van der Waals surface area contributed by atoms with Crippen LogP contribution in [-0.4, -0.2) is 40.5 Å². The van der Waals surface area contributed by atoms with Gasteiger partial charge >= 0.3 is 0 Å². The number of rotatable bonds is 3. The van der Waals surface area contributed by atoms with Gasteiger partial charge in [-0.05, 0) is 45.2 Å². The molecule has 0 aliphatic carbocycles. The predicted molar refractivity (Wildman–Crippen MR) is 63.2 cm³/mol. The Morgan fingerprint density at radius 1 is 1.50 bits per heavy atom. The van der Waals surface area contributed by atoms with Crippen LogP contribution >= 0.6 is 0 Å². The Bertz CT molecular complexity index is 279. The number of carbonyl (C=O) groups is 1. The van der Waals surface area contributed by atoms with Crippen LogP contribution in [0.5, 0.6) is 0 Å². The van der Waals surface area contributed by atoms with Crippen molar-refractivity contribution in [3.8, 4) is 0 Å². The second kappa shape index (κ2) is 4.46. The molecule has 0 spiro atoms. The highest BCUT2D eigenvalue weighted by atomic mass is 16.3. The van der Waals surface area contributed by atoms with Crippen molar-refractivity contribution in [2.45, 2.75) is 57.6 Å². The maximum atomic E-state index is 12.5. The van der Waals surface area contributed by atoms with Crippen LogP contribution in [0, 0.1) is 5.92 Å². The van der Waals surface area contributed by atoms with E-state index in [1.54, 1.807) is 0 Å². The average molecular weight is 225 g/mol. The molecule has 0 aromatic carbocycles. The molecule has 2 aliphatic heterocycles. The third kappa shape index (κ3) is 1.61. The van der Waals surface area contributed by atoms with Crippen LogP contribution < -0.4 is 0 Å². The van der Waals surface area contributed by atoms with Gasteiger partial charge in [-0.15, -0.1) is 0 Å². The molecule has 1 unspecified atom stereocenters. The topological polar surface area (TPSA) is 40.5 Å². The number of aliphatic hydroxyl groups excluding tert-OH is 1. The molecule has 1 N–H and O–H groups in total. The van der Waals surface area contributed by atoms with E-state index in [4.69, 9.17) is 0 Å². The Morgan fingerprint density at radius 2 is 2.19 bits per heavy atom. The van der Waals surface area contributed by atoms with Crippen LogP contribution in [0.1, 0.15) is 46.0 Å². The van der Waals surface area contributed by atoms with Gasteiger partial charge in [-0.25, -0.2) is 0 Å². The molecule has 2 heterocycles. The van der Waals surface area contributed by atoms with E-state index in [1.165, 1.54) is 0 Å². The smallest absolute Gasteiger partial charge is 0.158 e. The Hall–Kier alpha value is -0.410. The summed E-state index contributed by atoms with van der Waals surface area (Å²) in [6.45, 7) is 6.01. The number of piperidine rings is 1. The SMILES string of the molecule is CCC(C)C(=O)[C@@]12CCCN1CCC[C@@H]2O. The number of carbonyl (C=O) groups excluding carboxylic acids is 1. The summed E-state index contributed by atoms with van der Waals surface area (Å²) in [6, 6.07) is 0. The van der Waals surface area contributed by atoms with Gasteiger partial charge in [0.2, 0.25) is 0 Å². The monoisotopic (exact) mass is 225 g/mol. The maximum absolute atomic E-state index is 12.5. The largest absolute Gasteiger partial charge is 0.391 e. The summed E-state index contributed by atoms with van der Waals surface area (Å²) in [7, 11) is 0. The minimum Gasteiger partial charge on any atom is -0.391 e. The molecule has 3 heteroatoms. The summed E-state index contributed by atoms with van der Waals surface area (Å²) in [5, 5.41) is 10.3. The van der Waals surface area contributed by atoms with E-state index in [9.17, 15) is 9.90 Å². The highest BCUT2D eigenvalue weighted by Gasteiger charge is 2.54. The van der Waals surface area contributed by atoms with E-state index in [0.717, 1.165) is 45.2 Å². The lowest BCUT2D eigenvalue weighted by Gasteiger charge is -2.45. The quantitative estimate of drug-likeness (QED) is 0.793. The number of nitrogens with zero attached hydrogens (tertiary/aromatic N) is 1. The molecule has 16 heavy (non-hydrogen) atoms. The number of Topliss-reactive ketones (excluding diaryl/α,β-unsaturated/α-hetero) is 1. The second-order valence-electron chi connectivity index (χ2n) is 5.35. The summed E-state index contributed by atoms with van der Waals surface area (Å²) < 4.78 is 0. The molecule has 92 valence electrons. The molecule has 0 radical (unpaired) electrons. The summed E-state index contributed by atoms with van der Waals surface area (Å²) in [4.78, 5) is 14.8. The third-order valence-corrected chi connectivity index (χ3v) is 4.49. The van der Waals surface area contributed by atoms with Crippen molar-refractivity contribution in [1.82, 2.24) is 4.90 Å². The fourth-order valence-electron chi connectivity index (χ4n) is 3.36. The summed E-state index contributed by atoms with van der Waals surface area (Å²) in [5.41, 5.74) is -0.520. The third-order valence-electron chi connectivity index (χ3n) is 4.49. The summed E-state index contributed by atoms with van der Waals surface area (Å²) >= 11 is 0. The Morgan fingerprint density at radius 3 is 2.88 bits per heavy atom. The first kappa shape index (κ1) is 12.1. The molecule has 2 saturated heterocycles. The number of aliphatic hydroxyl groups is 1. The van der Waals surface area contributed by atoms with Crippen molar-refractivity contribution in [3.05, 3.63) is 0 Å². The van der Waals surface area contributed by atoms with Crippen molar-refractivity contribution in [2.75, 3.05) is 13.1 Å². The normalized spacial score (nSPS) is 37.1. The molecule has 0 aromatic heterocycles. The Kier molecular flexibility index (Phi) is 3.36. The fourth-order valence-corrected chi connectivity index (χ4v) is 3.36. The van der Waals surface area contributed by atoms with Crippen LogP contribution in [0.4, 0.5) is 0 Å². The molecule has 0 bridgehead atoms. The van der Waals surface area contributed by atoms with Crippen LogP contribution in [0.15, 0.2) is 0 Å². The minimum absolute atomic E-state index is 0.0772. The van der Waals surface area contributed by atoms with Gasteiger partial charge in [-0.3, -0.25) is 9.69 Å². The lowest BCUT2D eigenvalue weighted by Crippen LogP contribution is -2.62. The lowest BCUT2D eigenvalue weighted by atomic mass is 9.75. The summed E-state index contributed by atoms with van der Waals surface area (Å²) in [6.07, 6.45) is 4.16. The predicted octanol–water partition coefficient (Wildman–Crippen LogP) is 1.59. The van der Waals surface area contributed by atoms with Crippen molar-refractivity contribution in [1.29, 1.82) is 0 Å². The Labute approximate surface area is 97.8 Å². The van der Waals surface area contributed by atoms with E-state index in [-0.39, 0.29) is 11.7 Å². The van der Waals surface area contributed by atoms with Crippen LogP contribution in [0.25, 0.3) is 0 Å². The molecule has 0 saturated carbocycles. The molecular weight excluding hydrogens is 202 g/mol. The first-order valence-electron chi connectivity index (χ1n) is 6.60. The lowest BCUT2D eigenvalue weighted by molar-refractivity contribution is -0.144. The zero-order valence-electron chi connectivity index (χ0n) is 10.4. The molecule has 2 fully saturated rings. The molecule has 2 aliphatic rings. The maximum Gasteiger partial charge on any atom is 0.158 e. The highest BCUT2D eigenvalue weighted by Crippen LogP contribution is 2.40. The zero-order chi connectivity index (χ0) is 11.8. The number of fused-ring (bicyclic) bond motifs is 1. The minimum atomic E-state index is -0.520. The van der Waals surface area contributed by atoms with Gasteiger partial charge in [0.1, 0.15) is 5.54 Å². The summed E-state index contributed by atoms with van der Waals surface area (Å²) in [5.74, 6) is 0.355. The molecule has 3 nitrogen and oxygen atoms in total. The van der Waals surface area contributed by atoms with Crippen molar-refractivity contribution in [3.63, 3.8) is 0 Å². The molecule has 0 aromatic rings. The van der Waals surface area contributed by atoms with E-state index in [1.807, 2.05) is 13.8 Å². The van der Waals surface area contributed by atoms with E-state index in [0.29, 0.717) is 0 Å². The van der Waals surface area contributed by atoms with Gasteiger partial charge < -0.3 is 5.11 Å². The van der Waals surface area contributed by atoms with E-state index in [2.05, 4.69) is 4.90 Å². The number of hydrogen-bond acceptors (Lipinski definition) is 3. The van der Waals surface area contributed by atoms with Gasteiger partial charge in [0.15, 0.2) is 5.78 Å². The van der Waals surface area contributed by atoms with Gasteiger partial charge in [0, 0.05) is 5.92 Å². The van der Waals surface area contributed by atoms with Gasteiger partial charge in [0.25, 0.3) is 0 Å². The van der Waals surface area contributed by atoms with Crippen LogP contribution in [0.2, 0.25) is 0 Å². The average Bonchev–Trinajstić information content (AvgIpc) is 2.73. The molecule has 3 atom stereocenters. The first-order valence-corrected chi connectivity index (χ1v) is 6.60. The van der Waals surface area contributed by atoms with Crippen molar-refractivity contribution >= 4 is 5.78 Å². The number of hydrogen-bond donors (Lipinski definition) is 1. The van der Waals surface area contributed by atoms with Gasteiger partial charge in [-0.1, -0.05) is 13.8 Å². The van der Waals surface area contributed by atoms with E-state index >= 15 is 0 Å². The Balaban J connectivity index is 2.27. The van der Waals surface area contributed by atoms with Gasteiger partial charge in [-0.2, -0.15) is 0 Å². The number of ketones is 1. The van der Waals surface area contributed by atoms with Crippen molar-refractivity contribution in [2.24, 2.45) is 5.92 Å². The standard InChI is InChI=1S/C13H23NO2/c1-3-10(2)12(16)13-7-5-9-14(13)8-4-6-11(13)15/h10-11,15H,3-9H2,1-2H3/t10?,11-,13-/m0/s1. The van der Waals surface area contributed by atoms with Gasteiger partial charge in [0.05, 0.1) is 6.10 Å². The first-order chi connectivity index (χ1) is 7.63.